The van der Waals surface area contributed by atoms with Gasteiger partial charge in [0.2, 0.25) is 0 Å². The Morgan fingerprint density at radius 2 is 1.20 bits per heavy atom. The van der Waals surface area contributed by atoms with E-state index in [9.17, 15) is 0 Å². The maximum atomic E-state index is 7.91. The third kappa shape index (κ3) is 10.6. The molecule has 6 heteroatoms. The number of ether oxygens (including phenoxy) is 2. The maximum Gasteiger partial charge on any atom is 0.261 e. The summed E-state index contributed by atoms with van der Waals surface area (Å²) in [6.45, 7) is 18.9. The molecule has 2 aliphatic heterocycles. The van der Waals surface area contributed by atoms with Gasteiger partial charge in [-0.3, -0.25) is 0 Å². The molecule has 2 aliphatic rings. The van der Waals surface area contributed by atoms with Crippen molar-refractivity contribution >= 4 is 41.9 Å². The van der Waals surface area contributed by atoms with Crippen LogP contribution in [-0.2, 0) is 13.9 Å². The van der Waals surface area contributed by atoms with E-state index in [0.29, 0.717) is 17.8 Å². The number of halogens is 1. The van der Waals surface area contributed by atoms with Gasteiger partial charge in [0, 0.05) is 12.8 Å². The molecule has 0 amide bonds. The predicted octanol–water partition coefficient (Wildman–Crippen LogP) is 8.64. The second-order valence-electron chi connectivity index (χ2n) is 19.4. The van der Waals surface area contributed by atoms with E-state index >= 15 is 0 Å². The summed E-state index contributed by atoms with van der Waals surface area (Å²) < 4.78 is 22.4. The number of rotatable bonds is 14. The molecule has 0 radical (unpaired) electrons. The van der Waals surface area contributed by atoms with Gasteiger partial charge in [0.05, 0.1) is 24.5 Å². The molecule has 0 aliphatic carbocycles. The zero-order valence-corrected chi connectivity index (χ0v) is 42.0. The molecule has 6 atom stereocenters. The molecule has 0 unspecified atom stereocenters. The zero-order chi connectivity index (χ0) is 42.4. The van der Waals surface area contributed by atoms with Crippen LogP contribution < -0.4 is 50.3 Å². The van der Waals surface area contributed by atoms with Gasteiger partial charge in [-0.25, -0.2) is 0 Å². The second kappa shape index (κ2) is 20.7. The molecule has 61 heavy (non-hydrogen) atoms. The van der Waals surface area contributed by atoms with Crippen LogP contribution in [0.25, 0.3) is 0 Å². The Kier molecular flexibility index (Phi) is 16.2. The first-order valence-corrected chi connectivity index (χ1v) is 26.6. The number of benzene rings is 5. The van der Waals surface area contributed by atoms with Gasteiger partial charge < -0.3 is 37.9 Å². The van der Waals surface area contributed by atoms with Crippen molar-refractivity contribution in [3.8, 4) is 0 Å². The van der Waals surface area contributed by atoms with Crippen LogP contribution in [0.4, 0.5) is 0 Å². The summed E-state index contributed by atoms with van der Waals surface area (Å²) in [5.74, 6) is 0.728. The molecule has 0 N–H and O–H groups in total. The molecule has 324 valence electrons. The van der Waals surface area contributed by atoms with Gasteiger partial charge in [-0.05, 0) is 102 Å². The van der Waals surface area contributed by atoms with E-state index in [2.05, 4.69) is 213 Å². The molecule has 5 aromatic rings. The Balaban J connectivity index is 0.00000622. The average molecular weight is 965 g/mol. The van der Waals surface area contributed by atoms with Crippen molar-refractivity contribution in [2.45, 2.75) is 123 Å². The molecule has 0 aromatic heterocycles. The van der Waals surface area contributed by atoms with Crippen molar-refractivity contribution in [1.29, 1.82) is 0 Å². The van der Waals surface area contributed by atoms with Crippen LogP contribution in [0.1, 0.15) is 93.9 Å². The molecule has 5 aromatic carbocycles. The quantitative estimate of drug-likeness (QED) is 0.0484. The lowest BCUT2D eigenvalue weighted by Gasteiger charge is -2.53. The molecular formula is C55H70IO3PSi. The molecule has 2 heterocycles. The monoisotopic (exact) mass is 964 g/mol. The standard InChI is InChI=1S/C55H70O3PSi.HI/c1-42(2)53-45(5)36-37-55(57-53)40-47(58-60(54(6,7)8,51-30-20-12-21-31-51)52-32-22-13-23-33-52)39-46(56-55)35-34-43(3)38-44(4)41-59(48-24-14-9-15-25-48,49-26-16-10-17-27-49)50-28-18-11-19-29-50;/h9-34,42,44-47,53H,35-41H2,1-8H3;1H/q+1;/p-1/b43-34+;/t44-,45+,46-,47+,53-,55-;/m1./s1. The maximum absolute atomic E-state index is 7.91. The van der Waals surface area contributed by atoms with Crippen LogP contribution >= 0.6 is 7.26 Å². The smallest absolute Gasteiger partial charge is 0.261 e. The van der Waals surface area contributed by atoms with Gasteiger partial charge in [-0.1, -0.05) is 175 Å². The van der Waals surface area contributed by atoms with Crippen molar-refractivity contribution in [1.82, 2.24) is 0 Å². The van der Waals surface area contributed by atoms with Crippen LogP contribution in [0.15, 0.2) is 163 Å². The highest BCUT2D eigenvalue weighted by molar-refractivity contribution is 7.95. The van der Waals surface area contributed by atoms with Crippen LogP contribution in [0, 0.1) is 17.8 Å². The minimum Gasteiger partial charge on any atom is -1.00 e. The highest BCUT2D eigenvalue weighted by Gasteiger charge is 2.55. The molecular weight excluding hydrogens is 895 g/mol. The molecule has 7 rings (SSSR count). The van der Waals surface area contributed by atoms with E-state index in [4.69, 9.17) is 13.9 Å². The van der Waals surface area contributed by atoms with Gasteiger partial charge in [0.25, 0.3) is 8.32 Å². The summed E-state index contributed by atoms with van der Waals surface area (Å²) in [6.07, 6.45) is 9.24. The van der Waals surface area contributed by atoms with Gasteiger partial charge in [0.1, 0.15) is 23.2 Å². The van der Waals surface area contributed by atoms with Crippen LogP contribution in [0.3, 0.4) is 0 Å². The van der Waals surface area contributed by atoms with Crippen LogP contribution in [0.2, 0.25) is 5.04 Å². The van der Waals surface area contributed by atoms with Crippen molar-refractivity contribution in [2.24, 2.45) is 17.8 Å². The number of hydrogen-bond acceptors (Lipinski definition) is 3. The fourth-order valence-electron chi connectivity index (χ4n) is 10.7. The van der Waals surface area contributed by atoms with Crippen LogP contribution in [-0.4, -0.2) is 38.6 Å². The topological polar surface area (TPSA) is 27.7 Å². The Bertz CT molecular complexity index is 1970. The highest BCUT2D eigenvalue weighted by Crippen LogP contribution is 2.57. The number of hydrogen-bond donors (Lipinski definition) is 0. The normalized spacial score (nSPS) is 23.1. The predicted molar refractivity (Wildman–Crippen MR) is 260 cm³/mol. The summed E-state index contributed by atoms with van der Waals surface area (Å²) in [4.78, 5) is 0. The van der Waals surface area contributed by atoms with Gasteiger partial charge >= 0.3 is 0 Å². The molecule has 2 fully saturated rings. The molecule has 0 bridgehead atoms. The Hall–Kier alpha value is -2.90. The minimum absolute atomic E-state index is 0. The van der Waals surface area contributed by atoms with Gasteiger partial charge in [-0.15, -0.1) is 0 Å². The first-order valence-electron chi connectivity index (χ1n) is 22.7. The third-order valence-corrected chi connectivity index (χ3v) is 23.1. The number of allylic oxidation sites excluding steroid dienone is 1. The van der Waals surface area contributed by atoms with E-state index in [1.54, 1.807) is 0 Å². The van der Waals surface area contributed by atoms with Crippen molar-refractivity contribution in [3.05, 3.63) is 163 Å². The molecule has 1 spiro atoms. The lowest BCUT2D eigenvalue weighted by Crippen LogP contribution is -3.00. The van der Waals surface area contributed by atoms with Crippen molar-refractivity contribution < 1.29 is 37.9 Å². The fraction of sp³-hybridized carbons (Fsp3) is 0.418. The lowest BCUT2D eigenvalue weighted by atomic mass is 9.83. The van der Waals surface area contributed by atoms with E-state index in [1.807, 2.05) is 0 Å². The molecule has 3 nitrogen and oxygen atoms in total. The lowest BCUT2D eigenvalue weighted by molar-refractivity contribution is -0.338. The average Bonchev–Trinajstić information content (AvgIpc) is 3.26. The summed E-state index contributed by atoms with van der Waals surface area (Å²) in [7, 11) is -4.72. The van der Waals surface area contributed by atoms with E-state index < -0.39 is 21.4 Å². The Labute approximate surface area is 387 Å². The first kappa shape index (κ1) is 47.6. The third-order valence-electron chi connectivity index (χ3n) is 13.3. The highest BCUT2D eigenvalue weighted by atomic mass is 127. The van der Waals surface area contributed by atoms with Crippen molar-refractivity contribution in [2.75, 3.05) is 6.16 Å². The fourth-order valence-corrected chi connectivity index (χ4v) is 20.0. The summed E-state index contributed by atoms with van der Waals surface area (Å²) in [6, 6.07) is 56.1. The van der Waals surface area contributed by atoms with Gasteiger partial charge in [0.15, 0.2) is 5.79 Å². The minimum atomic E-state index is -2.80. The van der Waals surface area contributed by atoms with E-state index in [-0.39, 0.29) is 47.3 Å². The Morgan fingerprint density at radius 1 is 0.738 bits per heavy atom. The summed E-state index contributed by atoms with van der Waals surface area (Å²) in [5, 5.41) is 6.89. The van der Waals surface area contributed by atoms with E-state index in [0.717, 1.165) is 44.7 Å². The SMILES string of the molecule is C/C(=C\C[C@@H]1C[C@H](O[Si](c2ccccc2)(c2ccccc2)C(C)(C)C)C[C@]2(CC[C@H](C)[C@@H](C(C)C)O2)O1)C[C@@H](C)C[P+](c1ccccc1)(c1ccccc1)c1ccccc1.[I-]. The van der Waals surface area contributed by atoms with Crippen molar-refractivity contribution in [3.63, 3.8) is 0 Å². The summed E-state index contributed by atoms with van der Waals surface area (Å²) >= 11 is 0. The van der Waals surface area contributed by atoms with Gasteiger partial charge in [-0.2, -0.15) is 0 Å². The molecule has 2 saturated heterocycles. The largest absolute Gasteiger partial charge is 1.00 e. The second-order valence-corrected chi connectivity index (χ2v) is 27.2. The van der Waals surface area contributed by atoms with Crippen LogP contribution in [0.5, 0.6) is 0 Å². The first-order chi connectivity index (χ1) is 28.8. The Morgan fingerprint density at radius 3 is 1.64 bits per heavy atom. The summed E-state index contributed by atoms with van der Waals surface area (Å²) in [5.41, 5.74) is 1.43. The van der Waals surface area contributed by atoms with E-state index in [1.165, 1.54) is 31.9 Å². The zero-order valence-electron chi connectivity index (χ0n) is 38.0. The molecule has 0 saturated carbocycles.